The average Bonchev–Trinajstić information content (AvgIpc) is 3.03. The third-order valence-electron chi connectivity index (χ3n) is 5.32. The Hall–Kier alpha value is -2.33. The molecule has 2 aliphatic rings. The normalized spacial score (nSPS) is 23.6. The average molecular weight is 336 g/mol. The highest BCUT2D eigenvalue weighted by Crippen LogP contribution is 2.52. The summed E-state index contributed by atoms with van der Waals surface area (Å²) in [6.45, 7) is 2.53. The molecular weight excluding hydrogens is 312 g/mol. The van der Waals surface area contributed by atoms with Gasteiger partial charge in [0.2, 0.25) is 0 Å². The number of ether oxygens (including phenoxy) is 1. The van der Waals surface area contributed by atoms with Gasteiger partial charge in [0.15, 0.2) is 0 Å². The van der Waals surface area contributed by atoms with Crippen LogP contribution in [0, 0.1) is 0 Å². The predicted molar refractivity (Wildman–Crippen MR) is 98.6 cm³/mol. The summed E-state index contributed by atoms with van der Waals surface area (Å²) in [7, 11) is 0. The number of esters is 1. The summed E-state index contributed by atoms with van der Waals surface area (Å²) in [6.07, 6.45) is 2.14. The molecule has 3 atom stereocenters. The predicted octanol–water partition coefficient (Wildman–Crippen LogP) is 3.92. The molecule has 4 nitrogen and oxygen atoms in total. The van der Waals surface area contributed by atoms with E-state index in [4.69, 9.17) is 4.74 Å². The molecule has 0 aromatic heterocycles. The van der Waals surface area contributed by atoms with E-state index in [1.807, 2.05) is 6.92 Å². The smallest absolute Gasteiger partial charge is 0.319 e. The van der Waals surface area contributed by atoms with E-state index in [1.54, 1.807) is 0 Å². The summed E-state index contributed by atoms with van der Waals surface area (Å²) in [5, 5.41) is 7.11. The van der Waals surface area contributed by atoms with Gasteiger partial charge in [-0.1, -0.05) is 42.5 Å². The first kappa shape index (κ1) is 16.2. The maximum atomic E-state index is 11.7. The number of hydrogen-bond donors (Lipinski definition) is 2. The molecule has 4 rings (SSSR count). The maximum absolute atomic E-state index is 11.7. The van der Waals surface area contributed by atoms with Gasteiger partial charge in [-0.2, -0.15) is 0 Å². The molecule has 1 aliphatic carbocycles. The van der Waals surface area contributed by atoms with Gasteiger partial charge in [0.1, 0.15) is 0 Å². The minimum absolute atomic E-state index is 0.183. The van der Waals surface area contributed by atoms with E-state index >= 15 is 0 Å². The van der Waals surface area contributed by atoms with Crippen LogP contribution in [0.1, 0.15) is 54.5 Å². The molecule has 0 fully saturated rings. The summed E-state index contributed by atoms with van der Waals surface area (Å²) in [4.78, 5) is 11.7. The van der Waals surface area contributed by atoms with Gasteiger partial charge in [0, 0.05) is 17.6 Å². The van der Waals surface area contributed by atoms with Crippen LogP contribution in [0.15, 0.2) is 48.5 Å². The highest BCUT2D eigenvalue weighted by Gasteiger charge is 2.39. The molecule has 25 heavy (non-hydrogen) atoms. The number of carbonyl (C=O) groups excluding carboxylic acids is 1. The fourth-order valence-corrected chi connectivity index (χ4v) is 4.28. The van der Waals surface area contributed by atoms with Crippen LogP contribution in [0.5, 0.6) is 0 Å². The van der Waals surface area contributed by atoms with Crippen molar-refractivity contribution in [3.63, 3.8) is 0 Å². The molecule has 4 heteroatoms. The lowest BCUT2D eigenvalue weighted by Gasteiger charge is -2.31. The van der Waals surface area contributed by atoms with E-state index in [0.717, 1.165) is 12.8 Å². The number of anilines is 1. The lowest BCUT2D eigenvalue weighted by atomic mass is 9.77. The van der Waals surface area contributed by atoms with Gasteiger partial charge >= 0.3 is 5.97 Å². The number of carbonyl (C=O) groups is 1. The third-order valence-corrected chi connectivity index (χ3v) is 5.32. The SMILES string of the molecule is CCOC(=O)CNC1CCC2c3c(cccc31)NC2c1ccccc1. The minimum atomic E-state index is -0.183. The monoisotopic (exact) mass is 336 g/mol. The maximum Gasteiger partial charge on any atom is 0.319 e. The van der Waals surface area contributed by atoms with Crippen LogP contribution in [0.4, 0.5) is 5.69 Å². The van der Waals surface area contributed by atoms with Crippen molar-refractivity contribution in [2.24, 2.45) is 0 Å². The topological polar surface area (TPSA) is 50.4 Å². The number of benzene rings is 2. The summed E-state index contributed by atoms with van der Waals surface area (Å²) in [5.74, 6) is 0.312. The van der Waals surface area contributed by atoms with Crippen LogP contribution in [0.25, 0.3) is 0 Å². The molecule has 0 spiro atoms. The van der Waals surface area contributed by atoms with Crippen molar-refractivity contribution in [3.8, 4) is 0 Å². The van der Waals surface area contributed by atoms with Crippen LogP contribution in [-0.2, 0) is 9.53 Å². The zero-order valence-corrected chi connectivity index (χ0v) is 14.5. The Morgan fingerprint density at radius 2 is 2.00 bits per heavy atom. The first-order chi connectivity index (χ1) is 12.3. The van der Waals surface area contributed by atoms with Crippen LogP contribution in [0.3, 0.4) is 0 Å². The molecule has 0 radical (unpaired) electrons. The molecule has 3 unspecified atom stereocenters. The molecule has 0 amide bonds. The van der Waals surface area contributed by atoms with Gasteiger partial charge in [-0.15, -0.1) is 0 Å². The van der Waals surface area contributed by atoms with Crippen LogP contribution >= 0.6 is 0 Å². The van der Waals surface area contributed by atoms with Crippen LogP contribution < -0.4 is 10.6 Å². The second-order valence-corrected chi connectivity index (χ2v) is 6.76. The zero-order chi connectivity index (χ0) is 17.2. The van der Waals surface area contributed by atoms with Crippen molar-refractivity contribution in [1.82, 2.24) is 5.32 Å². The third kappa shape index (κ3) is 3.02. The van der Waals surface area contributed by atoms with Crippen LogP contribution in [0.2, 0.25) is 0 Å². The van der Waals surface area contributed by atoms with Gasteiger partial charge in [0.25, 0.3) is 0 Å². The summed E-state index contributed by atoms with van der Waals surface area (Å²) in [5.41, 5.74) is 5.32. The Kier molecular flexibility index (Phi) is 4.45. The lowest BCUT2D eigenvalue weighted by Crippen LogP contribution is -2.32. The molecule has 0 saturated heterocycles. The Morgan fingerprint density at radius 1 is 1.16 bits per heavy atom. The first-order valence-electron chi connectivity index (χ1n) is 9.11. The molecule has 2 N–H and O–H groups in total. The standard InChI is InChI=1S/C21H24N2O2/c1-2-25-19(24)13-22-17-12-11-16-20-15(17)9-6-10-18(20)23-21(16)14-7-4-3-5-8-14/h3-10,16-17,21-23H,2,11-13H2,1H3. The Bertz CT molecular complexity index is 760. The molecule has 2 aromatic rings. The first-order valence-corrected chi connectivity index (χ1v) is 9.11. The highest BCUT2D eigenvalue weighted by atomic mass is 16.5. The van der Waals surface area contributed by atoms with Gasteiger partial charge in [-0.3, -0.25) is 4.79 Å². The van der Waals surface area contributed by atoms with E-state index in [1.165, 1.54) is 22.4 Å². The van der Waals surface area contributed by atoms with Crippen molar-refractivity contribution in [2.45, 2.75) is 37.8 Å². The molecule has 2 aromatic carbocycles. The zero-order valence-electron chi connectivity index (χ0n) is 14.5. The van der Waals surface area contributed by atoms with Crippen molar-refractivity contribution < 1.29 is 9.53 Å². The largest absolute Gasteiger partial charge is 0.465 e. The van der Waals surface area contributed by atoms with E-state index in [0.29, 0.717) is 18.6 Å². The number of nitrogens with one attached hydrogen (secondary N) is 2. The molecule has 1 heterocycles. The second-order valence-electron chi connectivity index (χ2n) is 6.76. The number of hydrogen-bond acceptors (Lipinski definition) is 4. The summed E-state index contributed by atoms with van der Waals surface area (Å²) < 4.78 is 5.04. The van der Waals surface area contributed by atoms with E-state index in [-0.39, 0.29) is 18.6 Å². The van der Waals surface area contributed by atoms with Gasteiger partial charge in [-0.05, 0) is 42.5 Å². The van der Waals surface area contributed by atoms with Crippen molar-refractivity contribution in [2.75, 3.05) is 18.5 Å². The van der Waals surface area contributed by atoms with Crippen LogP contribution in [-0.4, -0.2) is 19.1 Å². The Morgan fingerprint density at radius 3 is 2.80 bits per heavy atom. The second kappa shape index (κ2) is 6.89. The van der Waals surface area contributed by atoms with Gasteiger partial charge < -0.3 is 15.4 Å². The summed E-state index contributed by atoms with van der Waals surface area (Å²) >= 11 is 0. The Balaban J connectivity index is 1.58. The van der Waals surface area contributed by atoms with Gasteiger partial charge in [0.05, 0.1) is 19.2 Å². The highest BCUT2D eigenvalue weighted by molar-refractivity contribution is 5.72. The Labute approximate surface area is 148 Å². The fraction of sp³-hybridized carbons (Fsp3) is 0.381. The minimum Gasteiger partial charge on any atom is -0.465 e. The van der Waals surface area contributed by atoms with E-state index in [2.05, 4.69) is 59.2 Å². The summed E-state index contributed by atoms with van der Waals surface area (Å²) in [6, 6.07) is 17.7. The van der Waals surface area contributed by atoms with Gasteiger partial charge in [-0.25, -0.2) is 0 Å². The molecular formula is C21H24N2O2. The van der Waals surface area contributed by atoms with Crippen molar-refractivity contribution in [3.05, 3.63) is 65.2 Å². The fourth-order valence-electron chi connectivity index (χ4n) is 4.28. The number of rotatable bonds is 5. The molecule has 0 bridgehead atoms. The van der Waals surface area contributed by atoms with E-state index in [9.17, 15) is 4.79 Å². The van der Waals surface area contributed by atoms with E-state index < -0.39 is 0 Å². The lowest BCUT2D eigenvalue weighted by molar-refractivity contribution is -0.142. The quantitative estimate of drug-likeness (QED) is 0.813. The molecule has 130 valence electrons. The van der Waals surface area contributed by atoms with Crippen molar-refractivity contribution in [1.29, 1.82) is 0 Å². The molecule has 1 aliphatic heterocycles. The molecule has 0 saturated carbocycles. The van der Waals surface area contributed by atoms with Crippen molar-refractivity contribution >= 4 is 11.7 Å².